The van der Waals surface area contributed by atoms with Crippen LogP contribution in [-0.2, 0) is 6.54 Å². The topological polar surface area (TPSA) is 29.9 Å². The summed E-state index contributed by atoms with van der Waals surface area (Å²) < 4.78 is 2.28. The highest BCUT2D eigenvalue weighted by Gasteiger charge is 2.21. The van der Waals surface area contributed by atoms with Gasteiger partial charge in [0.2, 0.25) is 0 Å². The van der Waals surface area contributed by atoms with Gasteiger partial charge in [-0.15, -0.1) is 0 Å². The van der Waals surface area contributed by atoms with Gasteiger partial charge in [-0.1, -0.05) is 24.3 Å². The van der Waals surface area contributed by atoms with Gasteiger partial charge in [-0.05, 0) is 37.8 Å². The number of imidazole rings is 1. The van der Waals surface area contributed by atoms with Gasteiger partial charge in [0.25, 0.3) is 0 Å². The summed E-state index contributed by atoms with van der Waals surface area (Å²) in [6.45, 7) is 5.33. The highest BCUT2D eigenvalue weighted by molar-refractivity contribution is 5.29. The first-order valence-corrected chi connectivity index (χ1v) is 7.05. The third-order valence-electron chi connectivity index (χ3n) is 3.95. The van der Waals surface area contributed by atoms with Gasteiger partial charge in [0.1, 0.15) is 0 Å². The van der Waals surface area contributed by atoms with Crippen molar-refractivity contribution < 1.29 is 0 Å². The average Bonchev–Trinajstić information content (AvgIpc) is 3.13. The van der Waals surface area contributed by atoms with Crippen molar-refractivity contribution in [3.05, 3.63) is 53.6 Å². The van der Waals surface area contributed by atoms with Gasteiger partial charge in [-0.2, -0.15) is 0 Å². The maximum atomic E-state index is 4.32. The van der Waals surface area contributed by atoms with Gasteiger partial charge in [0.05, 0.1) is 18.1 Å². The van der Waals surface area contributed by atoms with Crippen molar-refractivity contribution in [3.63, 3.8) is 0 Å². The second-order valence-corrected chi connectivity index (χ2v) is 5.48. The molecule has 1 heterocycles. The third-order valence-corrected chi connectivity index (χ3v) is 3.95. The lowest BCUT2D eigenvalue weighted by atomic mass is 10.0. The number of aromatic nitrogens is 2. The van der Waals surface area contributed by atoms with Crippen LogP contribution in [0.1, 0.15) is 42.6 Å². The van der Waals surface area contributed by atoms with Crippen LogP contribution < -0.4 is 5.32 Å². The predicted molar refractivity (Wildman–Crippen MR) is 77.1 cm³/mol. The molecule has 0 amide bonds. The minimum absolute atomic E-state index is 0.333. The monoisotopic (exact) mass is 255 g/mol. The zero-order valence-electron chi connectivity index (χ0n) is 11.6. The first kappa shape index (κ1) is 12.4. The van der Waals surface area contributed by atoms with Crippen molar-refractivity contribution in [1.82, 2.24) is 14.9 Å². The standard InChI is InChI=1S/C16H21N3/c1-12-5-3-4-6-16(12)13(2)19-11-17-9-15(19)10-18-14-7-8-14/h3-6,9,11,13-14,18H,7-8,10H2,1-2H3. The molecule has 1 fully saturated rings. The summed E-state index contributed by atoms with van der Waals surface area (Å²) in [6, 6.07) is 9.65. The Kier molecular flexibility index (Phi) is 3.38. The Labute approximate surface area is 114 Å². The molecule has 1 unspecified atom stereocenters. The van der Waals surface area contributed by atoms with E-state index in [1.807, 2.05) is 12.5 Å². The van der Waals surface area contributed by atoms with E-state index in [1.54, 1.807) is 0 Å². The SMILES string of the molecule is Cc1ccccc1C(C)n1cncc1CNC1CC1. The second kappa shape index (κ2) is 5.17. The fourth-order valence-electron chi connectivity index (χ4n) is 2.56. The Morgan fingerprint density at radius 2 is 2.16 bits per heavy atom. The number of aryl methyl sites for hydroxylation is 1. The summed E-state index contributed by atoms with van der Waals surface area (Å²) in [5.74, 6) is 0. The number of nitrogens with zero attached hydrogens (tertiary/aromatic N) is 2. The molecule has 1 aromatic carbocycles. The molecule has 2 aromatic rings. The number of nitrogens with one attached hydrogen (secondary N) is 1. The smallest absolute Gasteiger partial charge is 0.0954 e. The first-order valence-electron chi connectivity index (χ1n) is 7.05. The molecule has 0 spiro atoms. The predicted octanol–water partition coefficient (Wildman–Crippen LogP) is 3.05. The third kappa shape index (κ3) is 2.71. The molecule has 19 heavy (non-hydrogen) atoms. The summed E-state index contributed by atoms with van der Waals surface area (Å²) >= 11 is 0. The van der Waals surface area contributed by atoms with Crippen molar-refractivity contribution in [1.29, 1.82) is 0 Å². The number of benzene rings is 1. The van der Waals surface area contributed by atoms with E-state index >= 15 is 0 Å². The van der Waals surface area contributed by atoms with Crippen LogP contribution in [0.2, 0.25) is 0 Å². The minimum Gasteiger partial charge on any atom is -0.326 e. The molecule has 1 aromatic heterocycles. The molecule has 3 rings (SSSR count). The molecule has 1 aliphatic carbocycles. The Bertz CT molecular complexity index is 555. The Balaban J connectivity index is 1.81. The Morgan fingerprint density at radius 3 is 2.89 bits per heavy atom. The number of hydrogen-bond donors (Lipinski definition) is 1. The zero-order valence-corrected chi connectivity index (χ0v) is 11.6. The van der Waals surface area contributed by atoms with Gasteiger partial charge in [-0.25, -0.2) is 4.98 Å². The summed E-state index contributed by atoms with van der Waals surface area (Å²) in [6.07, 6.45) is 6.56. The van der Waals surface area contributed by atoms with Gasteiger partial charge in [0.15, 0.2) is 0 Å². The molecular formula is C16H21N3. The summed E-state index contributed by atoms with van der Waals surface area (Å²) in [7, 11) is 0. The number of hydrogen-bond acceptors (Lipinski definition) is 2. The van der Waals surface area contributed by atoms with Crippen LogP contribution in [0.4, 0.5) is 0 Å². The summed E-state index contributed by atoms with van der Waals surface area (Å²) in [5, 5.41) is 3.56. The van der Waals surface area contributed by atoms with Crippen molar-refractivity contribution in [2.24, 2.45) is 0 Å². The lowest BCUT2D eigenvalue weighted by Crippen LogP contribution is -2.19. The van der Waals surface area contributed by atoms with Gasteiger partial charge < -0.3 is 9.88 Å². The van der Waals surface area contributed by atoms with E-state index in [4.69, 9.17) is 0 Å². The molecule has 1 saturated carbocycles. The van der Waals surface area contributed by atoms with E-state index in [9.17, 15) is 0 Å². The Hall–Kier alpha value is -1.61. The fourth-order valence-corrected chi connectivity index (χ4v) is 2.56. The second-order valence-electron chi connectivity index (χ2n) is 5.48. The minimum atomic E-state index is 0.333. The van der Waals surface area contributed by atoms with Crippen molar-refractivity contribution in [3.8, 4) is 0 Å². The van der Waals surface area contributed by atoms with Crippen LogP contribution in [0.3, 0.4) is 0 Å². The summed E-state index contributed by atoms with van der Waals surface area (Å²) in [4.78, 5) is 4.32. The molecular weight excluding hydrogens is 234 g/mol. The van der Waals surface area contributed by atoms with Crippen molar-refractivity contribution in [2.75, 3.05) is 0 Å². The highest BCUT2D eigenvalue weighted by Crippen LogP contribution is 2.24. The van der Waals surface area contributed by atoms with Crippen LogP contribution in [0.5, 0.6) is 0 Å². The molecule has 0 aliphatic heterocycles. The first-order chi connectivity index (χ1) is 9.25. The molecule has 3 nitrogen and oxygen atoms in total. The quantitative estimate of drug-likeness (QED) is 0.890. The Morgan fingerprint density at radius 1 is 1.37 bits per heavy atom. The summed E-state index contributed by atoms with van der Waals surface area (Å²) in [5.41, 5.74) is 3.97. The van der Waals surface area contributed by atoms with Crippen LogP contribution in [0.15, 0.2) is 36.8 Å². The van der Waals surface area contributed by atoms with Gasteiger partial charge in [-0.3, -0.25) is 0 Å². The lowest BCUT2D eigenvalue weighted by Gasteiger charge is -2.19. The van der Waals surface area contributed by atoms with Crippen molar-refractivity contribution in [2.45, 2.75) is 45.3 Å². The zero-order chi connectivity index (χ0) is 13.2. The molecule has 0 radical (unpaired) electrons. The van der Waals surface area contributed by atoms with E-state index in [1.165, 1.54) is 29.7 Å². The van der Waals surface area contributed by atoms with Crippen LogP contribution in [0, 0.1) is 6.92 Å². The van der Waals surface area contributed by atoms with E-state index in [0.717, 1.165) is 12.6 Å². The molecule has 0 bridgehead atoms. The maximum Gasteiger partial charge on any atom is 0.0954 e. The highest BCUT2D eigenvalue weighted by atomic mass is 15.1. The lowest BCUT2D eigenvalue weighted by molar-refractivity contribution is 0.572. The molecule has 1 N–H and O–H groups in total. The number of rotatable bonds is 5. The molecule has 1 aliphatic rings. The van der Waals surface area contributed by atoms with E-state index < -0.39 is 0 Å². The van der Waals surface area contributed by atoms with Crippen LogP contribution >= 0.6 is 0 Å². The molecule has 1 atom stereocenters. The molecule has 100 valence electrons. The van der Waals surface area contributed by atoms with Crippen LogP contribution in [-0.4, -0.2) is 15.6 Å². The normalized spacial score (nSPS) is 16.5. The van der Waals surface area contributed by atoms with E-state index in [-0.39, 0.29) is 0 Å². The maximum absolute atomic E-state index is 4.32. The average molecular weight is 255 g/mol. The largest absolute Gasteiger partial charge is 0.326 e. The fraction of sp³-hybridized carbons (Fsp3) is 0.438. The molecule has 0 saturated heterocycles. The van der Waals surface area contributed by atoms with E-state index in [0.29, 0.717) is 6.04 Å². The van der Waals surface area contributed by atoms with Crippen molar-refractivity contribution >= 4 is 0 Å². The van der Waals surface area contributed by atoms with Gasteiger partial charge in [0, 0.05) is 18.8 Å². The van der Waals surface area contributed by atoms with E-state index in [2.05, 4.69) is 53.0 Å². The van der Waals surface area contributed by atoms with Crippen LogP contribution in [0.25, 0.3) is 0 Å². The molecule has 3 heteroatoms. The van der Waals surface area contributed by atoms with Gasteiger partial charge >= 0.3 is 0 Å².